The van der Waals surface area contributed by atoms with Crippen LogP contribution in [0.15, 0.2) is 60.7 Å². The molecule has 3 rings (SSSR count). The first-order valence-corrected chi connectivity index (χ1v) is 7.58. The fourth-order valence-corrected chi connectivity index (χ4v) is 2.75. The molecule has 0 bridgehead atoms. The maximum Gasteiger partial charge on any atom is 0.325 e. The molecule has 1 N–H and O–H groups in total. The molecule has 1 heterocycles. The predicted octanol–water partition coefficient (Wildman–Crippen LogP) is 3.35. The van der Waals surface area contributed by atoms with Gasteiger partial charge in [0, 0.05) is 0 Å². The number of nitrogens with zero attached hydrogens (tertiary/aromatic N) is 1. The van der Waals surface area contributed by atoms with Crippen LogP contribution < -0.4 is 5.32 Å². The number of alkyl halides is 2. The SMILES string of the molecule is O=C1CC(C(F)F)N1C(=O)NC(c1ccccc1)c1ccccc1. The van der Waals surface area contributed by atoms with E-state index in [1.54, 1.807) is 0 Å². The molecule has 1 aliphatic rings. The molecule has 0 radical (unpaired) electrons. The van der Waals surface area contributed by atoms with E-state index < -0.39 is 30.4 Å². The van der Waals surface area contributed by atoms with E-state index in [1.165, 1.54) is 0 Å². The van der Waals surface area contributed by atoms with Crippen LogP contribution in [0.1, 0.15) is 23.6 Å². The topological polar surface area (TPSA) is 49.4 Å². The van der Waals surface area contributed by atoms with Gasteiger partial charge < -0.3 is 5.32 Å². The maximum atomic E-state index is 12.9. The number of carbonyl (C=O) groups is 2. The molecule has 1 unspecified atom stereocenters. The highest BCUT2D eigenvalue weighted by Gasteiger charge is 2.46. The Morgan fingerprint density at radius 2 is 1.50 bits per heavy atom. The number of carbonyl (C=O) groups excluding carboxylic acids is 2. The van der Waals surface area contributed by atoms with E-state index in [1.807, 2.05) is 60.7 Å². The van der Waals surface area contributed by atoms with Gasteiger partial charge in [0.1, 0.15) is 6.04 Å². The Bertz CT molecular complexity index is 683. The number of amides is 3. The summed E-state index contributed by atoms with van der Waals surface area (Å²) < 4.78 is 25.7. The average molecular weight is 330 g/mol. The number of benzene rings is 2. The van der Waals surface area contributed by atoms with Crippen molar-refractivity contribution in [3.05, 3.63) is 71.8 Å². The summed E-state index contributed by atoms with van der Waals surface area (Å²) in [5, 5.41) is 2.70. The number of rotatable bonds is 4. The molecular weight excluding hydrogens is 314 g/mol. The number of urea groups is 1. The molecule has 0 aromatic heterocycles. The monoisotopic (exact) mass is 330 g/mol. The van der Waals surface area contributed by atoms with Gasteiger partial charge in [0.25, 0.3) is 6.43 Å². The second-order valence-electron chi connectivity index (χ2n) is 5.57. The van der Waals surface area contributed by atoms with Gasteiger partial charge in [-0.3, -0.25) is 9.69 Å². The summed E-state index contributed by atoms with van der Waals surface area (Å²) in [7, 11) is 0. The molecule has 4 nitrogen and oxygen atoms in total. The Morgan fingerprint density at radius 3 is 1.92 bits per heavy atom. The van der Waals surface area contributed by atoms with Crippen LogP contribution in [-0.4, -0.2) is 29.3 Å². The quantitative estimate of drug-likeness (QED) is 0.874. The summed E-state index contributed by atoms with van der Waals surface area (Å²) in [6.07, 6.45) is -3.03. The van der Waals surface area contributed by atoms with Gasteiger partial charge in [-0.2, -0.15) is 0 Å². The number of β-lactam (4-membered cyclic amide) rings is 1. The van der Waals surface area contributed by atoms with Crippen LogP contribution in [0, 0.1) is 0 Å². The van der Waals surface area contributed by atoms with Gasteiger partial charge in [0.15, 0.2) is 0 Å². The van der Waals surface area contributed by atoms with Crippen LogP contribution in [0.25, 0.3) is 0 Å². The molecule has 0 aliphatic carbocycles. The van der Waals surface area contributed by atoms with E-state index in [-0.39, 0.29) is 6.42 Å². The van der Waals surface area contributed by atoms with Gasteiger partial charge in [0.05, 0.1) is 12.5 Å². The zero-order valence-electron chi connectivity index (χ0n) is 12.7. The highest BCUT2D eigenvalue weighted by Crippen LogP contribution is 2.27. The third-order valence-electron chi connectivity index (χ3n) is 4.03. The normalized spacial score (nSPS) is 17.1. The van der Waals surface area contributed by atoms with Crippen molar-refractivity contribution in [3.63, 3.8) is 0 Å². The molecule has 2 aromatic carbocycles. The van der Waals surface area contributed by atoms with Crippen molar-refractivity contribution in [2.45, 2.75) is 24.9 Å². The van der Waals surface area contributed by atoms with Crippen LogP contribution in [0.5, 0.6) is 0 Å². The molecular formula is C18H16F2N2O2. The molecule has 1 aliphatic heterocycles. The van der Waals surface area contributed by atoms with Crippen LogP contribution in [-0.2, 0) is 4.79 Å². The molecule has 124 valence electrons. The van der Waals surface area contributed by atoms with Crippen molar-refractivity contribution in [1.29, 1.82) is 0 Å². The standard InChI is InChI=1S/C18H16F2N2O2/c19-17(20)14-11-15(23)22(14)18(24)21-16(12-7-3-1-4-8-12)13-9-5-2-6-10-13/h1-10,14,16-17H,11H2,(H,21,24). The number of likely N-dealkylation sites (tertiary alicyclic amines) is 1. The Hall–Kier alpha value is -2.76. The van der Waals surface area contributed by atoms with Gasteiger partial charge in [-0.15, -0.1) is 0 Å². The van der Waals surface area contributed by atoms with E-state index >= 15 is 0 Å². The van der Waals surface area contributed by atoms with Crippen molar-refractivity contribution >= 4 is 11.9 Å². The molecule has 1 saturated heterocycles. The van der Waals surface area contributed by atoms with Crippen molar-refractivity contribution in [1.82, 2.24) is 10.2 Å². The van der Waals surface area contributed by atoms with Gasteiger partial charge >= 0.3 is 6.03 Å². The van der Waals surface area contributed by atoms with Gasteiger partial charge in [-0.1, -0.05) is 60.7 Å². The molecule has 3 amide bonds. The lowest BCUT2D eigenvalue weighted by molar-refractivity contribution is -0.147. The van der Waals surface area contributed by atoms with Crippen molar-refractivity contribution in [2.24, 2.45) is 0 Å². The Kier molecular flexibility index (Phi) is 4.55. The van der Waals surface area contributed by atoms with Gasteiger partial charge in [-0.05, 0) is 11.1 Å². The van der Waals surface area contributed by atoms with Crippen molar-refractivity contribution in [3.8, 4) is 0 Å². The molecule has 6 heteroatoms. The highest BCUT2D eigenvalue weighted by molar-refractivity contribution is 6.00. The summed E-state index contributed by atoms with van der Waals surface area (Å²) in [6, 6.07) is 15.7. The molecule has 0 spiro atoms. The summed E-state index contributed by atoms with van der Waals surface area (Å²) in [5.74, 6) is -0.585. The lowest BCUT2D eigenvalue weighted by Gasteiger charge is -2.38. The number of hydrogen-bond acceptors (Lipinski definition) is 2. The minimum absolute atomic E-state index is 0.299. The minimum Gasteiger partial charge on any atom is -0.327 e. The average Bonchev–Trinajstić information content (AvgIpc) is 2.58. The summed E-state index contributed by atoms with van der Waals surface area (Å²) in [4.78, 5) is 24.6. The molecule has 1 atom stereocenters. The second-order valence-corrected chi connectivity index (χ2v) is 5.57. The van der Waals surface area contributed by atoms with Crippen LogP contribution in [0.3, 0.4) is 0 Å². The van der Waals surface area contributed by atoms with Crippen molar-refractivity contribution < 1.29 is 18.4 Å². The predicted molar refractivity (Wildman–Crippen MR) is 84.5 cm³/mol. The third kappa shape index (κ3) is 3.13. The lowest BCUT2D eigenvalue weighted by Crippen LogP contribution is -2.61. The Labute approximate surface area is 138 Å². The molecule has 0 saturated carbocycles. The smallest absolute Gasteiger partial charge is 0.325 e. The first kappa shape index (κ1) is 16.1. The Morgan fingerprint density at radius 1 is 1.00 bits per heavy atom. The summed E-state index contributed by atoms with van der Waals surface area (Å²) >= 11 is 0. The number of hydrogen-bond donors (Lipinski definition) is 1. The largest absolute Gasteiger partial charge is 0.327 e. The van der Waals surface area contributed by atoms with E-state index in [0.717, 1.165) is 11.1 Å². The van der Waals surface area contributed by atoms with E-state index in [9.17, 15) is 18.4 Å². The summed E-state index contributed by atoms with van der Waals surface area (Å²) in [5.41, 5.74) is 1.61. The Balaban J connectivity index is 1.85. The molecule has 1 fully saturated rings. The number of nitrogens with one attached hydrogen (secondary N) is 1. The number of halogens is 2. The zero-order valence-corrected chi connectivity index (χ0v) is 12.7. The third-order valence-corrected chi connectivity index (χ3v) is 4.03. The van der Waals surface area contributed by atoms with E-state index in [4.69, 9.17) is 0 Å². The zero-order chi connectivity index (χ0) is 17.1. The number of imide groups is 1. The van der Waals surface area contributed by atoms with Gasteiger partial charge in [0.2, 0.25) is 5.91 Å². The first-order chi connectivity index (χ1) is 11.6. The van der Waals surface area contributed by atoms with Crippen molar-refractivity contribution in [2.75, 3.05) is 0 Å². The fraction of sp³-hybridized carbons (Fsp3) is 0.222. The van der Waals surface area contributed by atoms with Crippen LogP contribution in [0.4, 0.5) is 13.6 Å². The highest BCUT2D eigenvalue weighted by atomic mass is 19.3. The lowest BCUT2D eigenvalue weighted by atomic mass is 9.98. The van der Waals surface area contributed by atoms with Crippen LogP contribution >= 0.6 is 0 Å². The van der Waals surface area contributed by atoms with Crippen LogP contribution in [0.2, 0.25) is 0 Å². The summed E-state index contributed by atoms with van der Waals surface area (Å²) in [6.45, 7) is 0. The first-order valence-electron chi connectivity index (χ1n) is 7.58. The minimum atomic E-state index is -2.74. The second kappa shape index (κ2) is 6.78. The van der Waals surface area contributed by atoms with Gasteiger partial charge in [-0.25, -0.2) is 13.6 Å². The molecule has 2 aromatic rings. The van der Waals surface area contributed by atoms with E-state index in [0.29, 0.717) is 4.90 Å². The van der Waals surface area contributed by atoms with E-state index in [2.05, 4.69) is 5.32 Å². The maximum absolute atomic E-state index is 12.9. The fourth-order valence-electron chi connectivity index (χ4n) is 2.75. The molecule has 24 heavy (non-hydrogen) atoms.